The zero-order chi connectivity index (χ0) is 21.3. The quantitative estimate of drug-likeness (QED) is 0.333. The lowest BCUT2D eigenvalue weighted by atomic mass is 10.2. The number of ether oxygens (including phenoxy) is 1. The van der Waals surface area contributed by atoms with Crippen molar-refractivity contribution < 1.29 is 9.53 Å². The molecule has 1 aliphatic rings. The summed E-state index contributed by atoms with van der Waals surface area (Å²) >= 11 is 7.62. The number of hydrogen-bond donors (Lipinski definition) is 0. The SMILES string of the molecule is CCn1c(C)cc(C(=O)CSc2nnc(COc3ccccc3Cl)n2C2CC2)c1C. The number of halogens is 1. The topological polar surface area (TPSA) is 61.9 Å². The Morgan fingerprint density at radius 1 is 1.27 bits per heavy atom. The van der Waals surface area contributed by atoms with Gasteiger partial charge in [-0.05, 0) is 51.8 Å². The van der Waals surface area contributed by atoms with Gasteiger partial charge in [0.2, 0.25) is 0 Å². The maximum atomic E-state index is 12.8. The first-order valence-corrected chi connectivity index (χ1v) is 11.5. The normalized spacial score (nSPS) is 13.6. The smallest absolute Gasteiger partial charge is 0.192 e. The van der Waals surface area contributed by atoms with E-state index in [0.29, 0.717) is 29.2 Å². The van der Waals surface area contributed by atoms with Gasteiger partial charge in [0.25, 0.3) is 0 Å². The average molecular weight is 445 g/mol. The van der Waals surface area contributed by atoms with Gasteiger partial charge in [0, 0.05) is 29.5 Å². The van der Waals surface area contributed by atoms with Crippen molar-refractivity contribution in [2.45, 2.75) is 58.0 Å². The molecule has 0 atom stereocenters. The van der Waals surface area contributed by atoms with Crippen molar-refractivity contribution in [3.63, 3.8) is 0 Å². The number of Topliss-reactive ketones (excluding diaryl/α,β-unsaturated/α-hetero) is 1. The lowest BCUT2D eigenvalue weighted by Crippen LogP contribution is -2.09. The Morgan fingerprint density at radius 2 is 2.03 bits per heavy atom. The van der Waals surface area contributed by atoms with Gasteiger partial charge in [0.15, 0.2) is 16.8 Å². The average Bonchev–Trinajstić information content (AvgIpc) is 3.42. The Hall–Kier alpha value is -2.25. The Labute approximate surface area is 185 Å². The number of aryl methyl sites for hydroxylation is 1. The van der Waals surface area contributed by atoms with E-state index in [1.807, 2.05) is 38.1 Å². The van der Waals surface area contributed by atoms with E-state index in [0.717, 1.165) is 47.3 Å². The van der Waals surface area contributed by atoms with Gasteiger partial charge < -0.3 is 9.30 Å². The standard InChI is InChI=1S/C22H25ClN4O2S/c1-4-26-14(2)11-17(15(26)3)19(28)13-30-22-25-24-21(27(22)16-9-10-16)12-29-20-8-6-5-7-18(20)23/h5-8,11,16H,4,9-10,12-13H2,1-3H3. The molecule has 1 aromatic carbocycles. The molecule has 3 aromatic rings. The van der Waals surface area contributed by atoms with Gasteiger partial charge in [-0.3, -0.25) is 9.36 Å². The van der Waals surface area contributed by atoms with E-state index in [9.17, 15) is 4.79 Å². The molecule has 0 amide bonds. The Balaban J connectivity index is 1.46. The predicted molar refractivity (Wildman–Crippen MR) is 119 cm³/mol. The van der Waals surface area contributed by atoms with Crippen LogP contribution in [0, 0.1) is 13.8 Å². The van der Waals surface area contributed by atoms with Crippen molar-refractivity contribution in [1.29, 1.82) is 0 Å². The summed E-state index contributed by atoms with van der Waals surface area (Å²) in [5.74, 6) is 1.84. The number of para-hydroxylation sites is 1. The van der Waals surface area contributed by atoms with E-state index in [1.54, 1.807) is 6.07 Å². The summed E-state index contributed by atoms with van der Waals surface area (Å²) in [6.45, 7) is 7.29. The summed E-state index contributed by atoms with van der Waals surface area (Å²) in [4.78, 5) is 12.8. The fourth-order valence-electron chi connectivity index (χ4n) is 3.69. The number of benzene rings is 1. The second-order valence-corrected chi connectivity index (χ2v) is 8.81. The maximum Gasteiger partial charge on any atom is 0.192 e. The first kappa shape index (κ1) is 21.0. The summed E-state index contributed by atoms with van der Waals surface area (Å²) in [6.07, 6.45) is 2.19. The molecule has 0 aliphatic heterocycles. The molecule has 4 rings (SSSR count). The molecule has 0 N–H and O–H groups in total. The summed E-state index contributed by atoms with van der Waals surface area (Å²) in [5, 5.41) is 10.0. The Bertz CT molecular complexity index is 1070. The molecule has 2 heterocycles. The van der Waals surface area contributed by atoms with Gasteiger partial charge in [-0.1, -0.05) is 35.5 Å². The van der Waals surface area contributed by atoms with Crippen LogP contribution in [0.5, 0.6) is 5.75 Å². The van der Waals surface area contributed by atoms with Crippen LogP contribution in [0.15, 0.2) is 35.5 Å². The van der Waals surface area contributed by atoms with Crippen LogP contribution in [0.3, 0.4) is 0 Å². The Kier molecular flexibility index (Phi) is 6.20. The third kappa shape index (κ3) is 4.27. The molecule has 0 saturated heterocycles. The molecule has 2 aromatic heterocycles. The molecule has 6 nitrogen and oxygen atoms in total. The molecule has 0 radical (unpaired) electrons. The molecular weight excluding hydrogens is 420 g/mol. The van der Waals surface area contributed by atoms with Crippen LogP contribution < -0.4 is 4.74 Å². The molecule has 0 unspecified atom stereocenters. The van der Waals surface area contributed by atoms with Crippen molar-refractivity contribution in [1.82, 2.24) is 19.3 Å². The van der Waals surface area contributed by atoms with Gasteiger partial charge in [0.1, 0.15) is 12.4 Å². The number of hydrogen-bond acceptors (Lipinski definition) is 5. The van der Waals surface area contributed by atoms with Crippen LogP contribution in [-0.2, 0) is 13.2 Å². The third-order valence-electron chi connectivity index (χ3n) is 5.36. The fourth-order valence-corrected chi connectivity index (χ4v) is 4.78. The third-order valence-corrected chi connectivity index (χ3v) is 6.62. The molecule has 1 fully saturated rings. The zero-order valence-corrected chi connectivity index (χ0v) is 19.0. The molecule has 30 heavy (non-hydrogen) atoms. The monoisotopic (exact) mass is 444 g/mol. The van der Waals surface area contributed by atoms with Crippen LogP contribution in [-0.4, -0.2) is 30.9 Å². The van der Waals surface area contributed by atoms with Gasteiger partial charge >= 0.3 is 0 Å². The summed E-state index contributed by atoms with van der Waals surface area (Å²) in [5.41, 5.74) is 2.93. The van der Waals surface area contributed by atoms with Crippen LogP contribution in [0.4, 0.5) is 0 Å². The molecule has 0 bridgehead atoms. The van der Waals surface area contributed by atoms with E-state index in [-0.39, 0.29) is 5.78 Å². The number of ketones is 1. The molecule has 1 saturated carbocycles. The fraction of sp³-hybridized carbons (Fsp3) is 0.409. The molecule has 8 heteroatoms. The van der Waals surface area contributed by atoms with E-state index in [4.69, 9.17) is 16.3 Å². The first-order chi connectivity index (χ1) is 14.5. The summed E-state index contributed by atoms with van der Waals surface area (Å²) in [6, 6.07) is 9.75. The summed E-state index contributed by atoms with van der Waals surface area (Å²) in [7, 11) is 0. The van der Waals surface area contributed by atoms with Crippen molar-refractivity contribution >= 4 is 29.1 Å². The van der Waals surface area contributed by atoms with Gasteiger partial charge in [0.05, 0.1) is 10.8 Å². The molecular formula is C22H25ClN4O2S. The molecule has 1 aliphatic carbocycles. The number of carbonyl (C=O) groups excluding carboxylic acids is 1. The highest BCUT2D eigenvalue weighted by Crippen LogP contribution is 2.39. The molecule has 0 spiro atoms. The second-order valence-electron chi connectivity index (χ2n) is 7.46. The Morgan fingerprint density at radius 3 is 2.70 bits per heavy atom. The summed E-state index contributed by atoms with van der Waals surface area (Å²) < 4.78 is 10.1. The first-order valence-electron chi connectivity index (χ1n) is 10.1. The molecule has 158 valence electrons. The minimum Gasteiger partial charge on any atom is -0.484 e. The van der Waals surface area contributed by atoms with Crippen LogP contribution >= 0.6 is 23.4 Å². The number of carbonyl (C=O) groups is 1. The number of aromatic nitrogens is 4. The van der Waals surface area contributed by atoms with Crippen molar-refractivity contribution in [2.24, 2.45) is 0 Å². The minimum atomic E-state index is 0.118. The van der Waals surface area contributed by atoms with Crippen molar-refractivity contribution in [3.8, 4) is 5.75 Å². The number of nitrogens with zero attached hydrogens (tertiary/aromatic N) is 4. The van der Waals surface area contributed by atoms with Crippen LogP contribution in [0.1, 0.15) is 53.4 Å². The van der Waals surface area contributed by atoms with E-state index in [1.165, 1.54) is 11.8 Å². The maximum absolute atomic E-state index is 12.8. The number of rotatable bonds is 9. The zero-order valence-electron chi connectivity index (χ0n) is 17.4. The second kappa shape index (κ2) is 8.86. The van der Waals surface area contributed by atoms with Crippen LogP contribution in [0.25, 0.3) is 0 Å². The van der Waals surface area contributed by atoms with E-state index in [2.05, 4.69) is 26.3 Å². The van der Waals surface area contributed by atoms with Gasteiger partial charge in [-0.15, -0.1) is 10.2 Å². The van der Waals surface area contributed by atoms with Gasteiger partial charge in [-0.25, -0.2) is 0 Å². The lowest BCUT2D eigenvalue weighted by Gasteiger charge is -2.10. The van der Waals surface area contributed by atoms with Gasteiger partial charge in [-0.2, -0.15) is 0 Å². The predicted octanol–water partition coefficient (Wildman–Crippen LogP) is 5.26. The highest BCUT2D eigenvalue weighted by Gasteiger charge is 2.30. The highest BCUT2D eigenvalue weighted by atomic mass is 35.5. The number of thioether (sulfide) groups is 1. The van der Waals surface area contributed by atoms with Crippen molar-refractivity contribution in [2.75, 3.05) is 5.75 Å². The van der Waals surface area contributed by atoms with E-state index >= 15 is 0 Å². The minimum absolute atomic E-state index is 0.118. The largest absolute Gasteiger partial charge is 0.484 e. The van der Waals surface area contributed by atoms with E-state index < -0.39 is 0 Å². The van der Waals surface area contributed by atoms with Crippen molar-refractivity contribution in [3.05, 3.63) is 58.1 Å². The van der Waals surface area contributed by atoms with Crippen LogP contribution in [0.2, 0.25) is 5.02 Å². The highest BCUT2D eigenvalue weighted by molar-refractivity contribution is 7.99. The lowest BCUT2D eigenvalue weighted by molar-refractivity contribution is 0.102.